The Labute approximate surface area is 91.5 Å². The molecule has 15 heavy (non-hydrogen) atoms. The van der Waals surface area contributed by atoms with Crippen LogP contribution in [0.25, 0.3) is 0 Å². The van der Waals surface area contributed by atoms with Gasteiger partial charge in [-0.2, -0.15) is 5.26 Å². The average Bonchev–Trinajstić information content (AvgIpc) is 2.26. The van der Waals surface area contributed by atoms with E-state index in [4.69, 9.17) is 0 Å². The molecule has 4 bridgehead atoms. The van der Waals surface area contributed by atoms with Gasteiger partial charge < -0.3 is 0 Å². The first-order valence-electron chi connectivity index (χ1n) is 6.19. The molecule has 78 valence electrons. The van der Waals surface area contributed by atoms with Crippen LogP contribution in [-0.4, -0.2) is 0 Å². The molecule has 0 aliphatic heterocycles. The van der Waals surface area contributed by atoms with Crippen LogP contribution in [0.5, 0.6) is 0 Å². The molecule has 0 heterocycles. The number of rotatable bonds is 0. The van der Waals surface area contributed by atoms with Crippen molar-refractivity contribution in [2.45, 2.75) is 38.5 Å². The monoisotopic (exact) mass is 199 g/mol. The highest BCUT2D eigenvalue weighted by Gasteiger charge is 2.38. The largest absolute Gasteiger partial charge is 0.198 e. The first-order chi connectivity index (χ1) is 7.38. The Morgan fingerprint density at radius 1 is 1.07 bits per heavy atom. The Morgan fingerprint density at radius 3 is 2.33 bits per heavy atom. The van der Waals surface area contributed by atoms with Gasteiger partial charge in [0.25, 0.3) is 0 Å². The van der Waals surface area contributed by atoms with Crippen LogP contribution in [0.1, 0.15) is 38.5 Å². The molecule has 4 aliphatic rings. The molecule has 1 atom stereocenters. The van der Waals surface area contributed by atoms with Crippen LogP contribution in [0, 0.1) is 29.1 Å². The number of hydrogen-bond acceptors (Lipinski definition) is 1. The van der Waals surface area contributed by atoms with Crippen molar-refractivity contribution in [1.82, 2.24) is 0 Å². The lowest BCUT2D eigenvalue weighted by atomic mass is 9.63. The van der Waals surface area contributed by atoms with Crippen molar-refractivity contribution in [3.63, 3.8) is 0 Å². The van der Waals surface area contributed by atoms with Crippen molar-refractivity contribution in [2.75, 3.05) is 0 Å². The molecule has 0 spiro atoms. The fourth-order valence-electron chi connectivity index (χ4n) is 3.57. The van der Waals surface area contributed by atoms with E-state index in [0.717, 1.165) is 6.42 Å². The van der Waals surface area contributed by atoms with E-state index in [2.05, 4.69) is 18.2 Å². The van der Waals surface area contributed by atoms with Crippen LogP contribution in [0.15, 0.2) is 23.3 Å². The van der Waals surface area contributed by atoms with Crippen molar-refractivity contribution >= 4 is 0 Å². The van der Waals surface area contributed by atoms with Gasteiger partial charge in [0.1, 0.15) is 0 Å². The van der Waals surface area contributed by atoms with Crippen LogP contribution in [0.4, 0.5) is 0 Å². The molecule has 1 heteroatoms. The van der Waals surface area contributed by atoms with Crippen molar-refractivity contribution < 1.29 is 0 Å². The Hall–Kier alpha value is -1.03. The molecular formula is C14H17N. The van der Waals surface area contributed by atoms with Gasteiger partial charge in [-0.05, 0) is 38.0 Å². The molecule has 1 saturated carbocycles. The van der Waals surface area contributed by atoms with E-state index < -0.39 is 0 Å². The van der Waals surface area contributed by atoms with Crippen molar-refractivity contribution in [1.29, 1.82) is 5.26 Å². The summed E-state index contributed by atoms with van der Waals surface area (Å²) in [5.41, 5.74) is 3.19. The summed E-state index contributed by atoms with van der Waals surface area (Å²) in [6.45, 7) is 0. The first kappa shape index (κ1) is 9.21. The molecule has 4 aliphatic carbocycles. The second-order valence-electron chi connectivity index (χ2n) is 5.16. The maximum Gasteiger partial charge on any atom is 0.0665 e. The van der Waals surface area contributed by atoms with E-state index in [1.54, 1.807) is 11.1 Å². The Morgan fingerprint density at radius 2 is 1.73 bits per heavy atom. The lowest BCUT2D eigenvalue weighted by Crippen LogP contribution is -2.30. The molecule has 0 aromatic rings. The highest BCUT2D eigenvalue weighted by molar-refractivity contribution is 5.36. The minimum Gasteiger partial charge on any atom is -0.198 e. The molecule has 0 saturated heterocycles. The van der Waals surface area contributed by atoms with Gasteiger partial charge in [-0.15, -0.1) is 0 Å². The Balaban J connectivity index is 1.98. The SMILES string of the molecule is N#CC1CC2C=C3CCCCCC(=C2)C31. The zero-order valence-electron chi connectivity index (χ0n) is 9.08. The molecule has 0 aromatic carbocycles. The van der Waals surface area contributed by atoms with E-state index in [9.17, 15) is 5.26 Å². The smallest absolute Gasteiger partial charge is 0.0665 e. The van der Waals surface area contributed by atoms with Crippen LogP contribution >= 0.6 is 0 Å². The summed E-state index contributed by atoms with van der Waals surface area (Å²) in [6, 6.07) is 2.53. The van der Waals surface area contributed by atoms with E-state index in [1.165, 1.54) is 32.1 Å². The van der Waals surface area contributed by atoms with Crippen molar-refractivity contribution in [3.8, 4) is 6.07 Å². The fourth-order valence-corrected chi connectivity index (χ4v) is 3.57. The molecule has 0 aromatic heterocycles. The second kappa shape index (κ2) is 3.52. The van der Waals surface area contributed by atoms with Gasteiger partial charge in [-0.25, -0.2) is 0 Å². The van der Waals surface area contributed by atoms with Gasteiger partial charge in [-0.3, -0.25) is 0 Å². The van der Waals surface area contributed by atoms with Gasteiger partial charge in [-0.1, -0.05) is 29.7 Å². The summed E-state index contributed by atoms with van der Waals surface area (Å²) in [5, 5.41) is 9.23. The third-order valence-electron chi connectivity index (χ3n) is 4.18. The summed E-state index contributed by atoms with van der Waals surface area (Å²) in [7, 11) is 0. The summed E-state index contributed by atoms with van der Waals surface area (Å²) in [4.78, 5) is 0. The highest BCUT2D eigenvalue weighted by Crippen LogP contribution is 2.48. The molecule has 1 unspecified atom stereocenters. The van der Waals surface area contributed by atoms with E-state index in [0.29, 0.717) is 11.8 Å². The maximum absolute atomic E-state index is 9.23. The summed E-state index contributed by atoms with van der Waals surface area (Å²) >= 11 is 0. The molecule has 1 nitrogen and oxygen atoms in total. The van der Waals surface area contributed by atoms with E-state index >= 15 is 0 Å². The predicted molar refractivity (Wildman–Crippen MR) is 60.0 cm³/mol. The Bertz CT molecular complexity index is 345. The average molecular weight is 199 g/mol. The van der Waals surface area contributed by atoms with Crippen molar-refractivity contribution in [3.05, 3.63) is 23.3 Å². The Kier molecular flexibility index (Phi) is 2.16. The molecule has 0 N–H and O–H groups in total. The fraction of sp³-hybridized carbons (Fsp3) is 0.643. The third-order valence-corrected chi connectivity index (χ3v) is 4.18. The van der Waals surface area contributed by atoms with Crippen LogP contribution in [0.2, 0.25) is 0 Å². The van der Waals surface area contributed by atoms with Gasteiger partial charge in [0.05, 0.1) is 12.0 Å². The maximum atomic E-state index is 9.23. The molecule has 0 amide bonds. The van der Waals surface area contributed by atoms with E-state index in [-0.39, 0.29) is 5.92 Å². The van der Waals surface area contributed by atoms with Gasteiger partial charge in [0.2, 0.25) is 0 Å². The standard InChI is InChI=1S/C14H17N/c15-9-13-8-10-6-11-4-2-1-3-5-12(7-10)14(11)13/h6-7,10,13-14H,1-5,8H2. The van der Waals surface area contributed by atoms with E-state index in [1.807, 2.05) is 0 Å². The minimum atomic E-state index is 0.285. The topological polar surface area (TPSA) is 23.8 Å². The number of nitrogens with zero attached hydrogens (tertiary/aromatic N) is 1. The summed E-state index contributed by atoms with van der Waals surface area (Å²) in [5.74, 6) is 1.39. The van der Waals surface area contributed by atoms with Crippen molar-refractivity contribution in [2.24, 2.45) is 17.8 Å². The van der Waals surface area contributed by atoms with Gasteiger partial charge in [0.15, 0.2) is 0 Å². The third kappa shape index (κ3) is 1.44. The predicted octanol–water partition coefficient (Wildman–Crippen LogP) is 3.59. The van der Waals surface area contributed by atoms with Crippen LogP contribution in [-0.2, 0) is 0 Å². The molecular weight excluding hydrogens is 182 g/mol. The minimum absolute atomic E-state index is 0.285. The van der Waals surface area contributed by atoms with Crippen LogP contribution < -0.4 is 0 Å². The van der Waals surface area contributed by atoms with Crippen LogP contribution in [0.3, 0.4) is 0 Å². The summed E-state index contributed by atoms with van der Waals surface area (Å²) < 4.78 is 0. The lowest BCUT2D eigenvalue weighted by molar-refractivity contribution is 0.361. The molecule has 4 rings (SSSR count). The van der Waals surface area contributed by atoms with Gasteiger partial charge in [0, 0.05) is 5.92 Å². The lowest BCUT2D eigenvalue weighted by Gasteiger charge is -2.40. The number of hydrogen-bond donors (Lipinski definition) is 0. The normalized spacial score (nSPS) is 38.5. The van der Waals surface area contributed by atoms with Gasteiger partial charge >= 0.3 is 0 Å². The quantitative estimate of drug-likeness (QED) is 0.547. The zero-order chi connectivity index (χ0) is 10.3. The number of nitriles is 1. The zero-order valence-corrected chi connectivity index (χ0v) is 9.08. The number of allylic oxidation sites excluding steroid dienone is 4. The summed E-state index contributed by atoms with van der Waals surface area (Å²) in [6.07, 6.45) is 12.5. The molecule has 0 radical (unpaired) electrons. The first-order valence-corrected chi connectivity index (χ1v) is 6.19. The molecule has 1 fully saturated rings. The highest BCUT2D eigenvalue weighted by atomic mass is 14.4. The second-order valence-corrected chi connectivity index (χ2v) is 5.16. The number of fused-ring (bicyclic) bond motifs is 1.